The first-order valence-corrected chi connectivity index (χ1v) is 8.39. The number of aromatic amines is 1. The van der Waals surface area contributed by atoms with E-state index in [2.05, 4.69) is 11.9 Å². The molecule has 1 saturated heterocycles. The zero-order chi connectivity index (χ0) is 20.1. The maximum atomic E-state index is 13.3. The summed E-state index contributed by atoms with van der Waals surface area (Å²) in [6.07, 6.45) is -5.62. The molecule has 2 aromatic carbocycles. The quantitative estimate of drug-likeness (QED) is 0.710. The van der Waals surface area contributed by atoms with Crippen molar-refractivity contribution in [1.82, 2.24) is 4.98 Å². The van der Waals surface area contributed by atoms with Crippen molar-refractivity contribution in [3.8, 4) is 11.3 Å². The van der Waals surface area contributed by atoms with Crippen LogP contribution in [0, 0.1) is 6.92 Å². The number of benzene rings is 2. The van der Waals surface area contributed by atoms with Crippen LogP contribution in [0.25, 0.3) is 22.0 Å². The maximum Gasteiger partial charge on any atom is 0.417 e. The molecule has 8 heteroatoms. The van der Waals surface area contributed by atoms with Gasteiger partial charge in [0.1, 0.15) is 6.10 Å². The molecule has 1 aliphatic rings. The lowest BCUT2D eigenvalue weighted by molar-refractivity contribution is -0.137. The van der Waals surface area contributed by atoms with Crippen molar-refractivity contribution < 1.29 is 22.7 Å². The van der Waals surface area contributed by atoms with Crippen LogP contribution in [0.1, 0.15) is 5.56 Å². The smallest absolute Gasteiger partial charge is 0.417 e. The molecule has 3 aromatic rings. The van der Waals surface area contributed by atoms with Gasteiger partial charge in [0, 0.05) is 22.3 Å². The second kappa shape index (κ2) is 6.40. The number of amides is 1. The summed E-state index contributed by atoms with van der Waals surface area (Å²) >= 11 is 0. The molecule has 28 heavy (non-hydrogen) atoms. The summed E-state index contributed by atoms with van der Waals surface area (Å²) in [7, 11) is 0. The largest absolute Gasteiger partial charge is 0.444 e. The Morgan fingerprint density at radius 3 is 2.54 bits per heavy atom. The molecule has 4 rings (SSSR count). The molecular formula is C20H14F3N2O3. The second-order valence-electron chi connectivity index (χ2n) is 6.44. The van der Waals surface area contributed by atoms with Gasteiger partial charge in [0.25, 0.3) is 5.56 Å². The molecule has 0 bridgehead atoms. The first kappa shape index (κ1) is 18.1. The highest BCUT2D eigenvalue weighted by Gasteiger charge is 2.34. The normalized spacial score (nSPS) is 17.2. The molecule has 1 fully saturated rings. The number of nitrogens with zero attached hydrogens (tertiary/aromatic N) is 1. The number of ether oxygens (including phenoxy) is 1. The van der Waals surface area contributed by atoms with E-state index in [1.165, 1.54) is 35.2 Å². The lowest BCUT2D eigenvalue weighted by Gasteiger charge is -2.15. The van der Waals surface area contributed by atoms with Crippen LogP contribution in [0.2, 0.25) is 0 Å². The first-order valence-electron chi connectivity index (χ1n) is 8.39. The Morgan fingerprint density at radius 2 is 1.86 bits per heavy atom. The van der Waals surface area contributed by atoms with Crippen LogP contribution in [0.5, 0.6) is 0 Å². The van der Waals surface area contributed by atoms with E-state index in [9.17, 15) is 22.8 Å². The van der Waals surface area contributed by atoms with Crippen LogP contribution in [0.15, 0.2) is 53.3 Å². The van der Waals surface area contributed by atoms with E-state index in [0.29, 0.717) is 11.1 Å². The SMILES string of the molecule is [CH2][C@@H]1CN(c2ccc3cc(-c4ccccc4C(F)(F)F)[nH]c(=O)c3c2)C(=O)O1. The highest BCUT2D eigenvalue weighted by Crippen LogP contribution is 2.36. The summed E-state index contributed by atoms with van der Waals surface area (Å²) in [6, 6.07) is 11.2. The summed E-state index contributed by atoms with van der Waals surface area (Å²) < 4.78 is 44.9. The summed E-state index contributed by atoms with van der Waals surface area (Å²) in [5.74, 6) is 0. The molecule has 1 atom stereocenters. The Labute approximate surface area is 157 Å². The first-order chi connectivity index (χ1) is 13.2. The number of rotatable bonds is 2. The number of hydrogen-bond donors (Lipinski definition) is 1. The number of alkyl halides is 3. The van der Waals surface area contributed by atoms with Gasteiger partial charge in [0.05, 0.1) is 12.1 Å². The topological polar surface area (TPSA) is 62.4 Å². The molecule has 0 unspecified atom stereocenters. The van der Waals surface area contributed by atoms with Crippen LogP contribution in [0.3, 0.4) is 0 Å². The molecule has 5 nitrogen and oxygen atoms in total. The van der Waals surface area contributed by atoms with Gasteiger partial charge in [-0.15, -0.1) is 0 Å². The van der Waals surface area contributed by atoms with Crippen LogP contribution in [0.4, 0.5) is 23.7 Å². The number of carbonyl (C=O) groups is 1. The highest BCUT2D eigenvalue weighted by molar-refractivity contribution is 5.94. The number of H-pyrrole nitrogens is 1. The van der Waals surface area contributed by atoms with Crippen molar-refractivity contribution in [3.05, 3.63) is 71.4 Å². The van der Waals surface area contributed by atoms with E-state index < -0.39 is 29.5 Å². The zero-order valence-corrected chi connectivity index (χ0v) is 14.4. The van der Waals surface area contributed by atoms with Gasteiger partial charge in [-0.2, -0.15) is 13.2 Å². The number of hydrogen-bond acceptors (Lipinski definition) is 3. The van der Waals surface area contributed by atoms with Crippen LogP contribution in [-0.4, -0.2) is 23.7 Å². The average molecular weight is 387 g/mol. The predicted molar refractivity (Wildman–Crippen MR) is 98.0 cm³/mol. The van der Waals surface area contributed by atoms with Crippen LogP contribution in [-0.2, 0) is 10.9 Å². The number of fused-ring (bicyclic) bond motifs is 1. The third-order valence-corrected chi connectivity index (χ3v) is 4.54. The van der Waals surface area contributed by atoms with Gasteiger partial charge in [0.15, 0.2) is 0 Å². The van der Waals surface area contributed by atoms with E-state index in [1.54, 1.807) is 12.1 Å². The van der Waals surface area contributed by atoms with Gasteiger partial charge in [-0.3, -0.25) is 9.69 Å². The molecule has 2 heterocycles. The van der Waals surface area contributed by atoms with Crippen LogP contribution < -0.4 is 10.5 Å². The summed E-state index contributed by atoms with van der Waals surface area (Å²) in [6.45, 7) is 3.92. The number of nitrogens with one attached hydrogen (secondary N) is 1. The van der Waals surface area contributed by atoms with Gasteiger partial charge in [-0.05, 0) is 36.6 Å². The summed E-state index contributed by atoms with van der Waals surface area (Å²) in [5, 5.41) is 0.712. The summed E-state index contributed by atoms with van der Waals surface area (Å²) in [5.41, 5.74) is -0.969. The van der Waals surface area contributed by atoms with E-state index >= 15 is 0 Å². The standard InChI is InChI=1S/C20H14F3N2O3/c1-11-10-25(19(27)28-11)13-7-6-12-8-17(24-18(26)15(12)9-13)14-4-2-3-5-16(14)20(21,22)23/h2-9,11H,1,10H2,(H,24,26)/t11-/m1/s1. The Hall–Kier alpha value is -3.29. The van der Waals surface area contributed by atoms with Crippen LogP contribution >= 0.6 is 0 Å². The molecule has 1 aliphatic heterocycles. The van der Waals surface area contributed by atoms with Crippen molar-refractivity contribution in [2.45, 2.75) is 12.3 Å². The summed E-state index contributed by atoms with van der Waals surface area (Å²) in [4.78, 5) is 28.3. The van der Waals surface area contributed by atoms with Crippen molar-refractivity contribution in [2.24, 2.45) is 0 Å². The van der Waals surface area contributed by atoms with Crippen molar-refractivity contribution in [1.29, 1.82) is 0 Å². The molecular weight excluding hydrogens is 373 g/mol. The third-order valence-electron chi connectivity index (χ3n) is 4.54. The van der Waals surface area contributed by atoms with E-state index in [-0.39, 0.29) is 23.2 Å². The Bertz CT molecular complexity index is 1140. The number of halogens is 3. The lowest BCUT2D eigenvalue weighted by atomic mass is 10.0. The van der Waals surface area contributed by atoms with Crippen molar-refractivity contribution >= 4 is 22.6 Å². The molecule has 1 aromatic heterocycles. The van der Waals surface area contributed by atoms with Gasteiger partial charge >= 0.3 is 12.3 Å². The second-order valence-corrected chi connectivity index (χ2v) is 6.44. The fourth-order valence-corrected chi connectivity index (χ4v) is 3.26. The lowest BCUT2D eigenvalue weighted by Crippen LogP contribution is -2.24. The number of carbonyl (C=O) groups excluding carboxylic acids is 1. The van der Waals surface area contributed by atoms with Gasteiger partial charge in [-0.25, -0.2) is 4.79 Å². The van der Waals surface area contributed by atoms with E-state index in [1.807, 2.05) is 0 Å². The van der Waals surface area contributed by atoms with Gasteiger partial charge in [0.2, 0.25) is 0 Å². The van der Waals surface area contributed by atoms with Gasteiger partial charge in [-0.1, -0.05) is 24.3 Å². The zero-order valence-electron chi connectivity index (χ0n) is 14.4. The monoisotopic (exact) mass is 387 g/mol. The predicted octanol–water partition coefficient (Wildman–Crippen LogP) is 4.37. The number of cyclic esters (lactones) is 1. The third kappa shape index (κ3) is 3.11. The highest BCUT2D eigenvalue weighted by atomic mass is 19.4. The molecule has 0 spiro atoms. The Kier molecular flexibility index (Phi) is 4.14. The van der Waals surface area contributed by atoms with Gasteiger partial charge < -0.3 is 9.72 Å². The fourth-order valence-electron chi connectivity index (χ4n) is 3.26. The minimum Gasteiger partial charge on any atom is -0.444 e. The number of anilines is 1. The van der Waals surface area contributed by atoms with Crippen molar-refractivity contribution in [3.63, 3.8) is 0 Å². The molecule has 1 amide bonds. The Balaban J connectivity index is 1.82. The average Bonchev–Trinajstić information content (AvgIpc) is 2.99. The maximum absolute atomic E-state index is 13.3. The number of pyridine rings is 1. The minimum atomic E-state index is -4.55. The van der Waals surface area contributed by atoms with E-state index in [4.69, 9.17) is 4.74 Å². The number of aromatic nitrogens is 1. The minimum absolute atomic E-state index is 0.0663. The molecule has 143 valence electrons. The molecule has 0 saturated carbocycles. The molecule has 1 radical (unpaired) electrons. The van der Waals surface area contributed by atoms with E-state index in [0.717, 1.165) is 6.07 Å². The Morgan fingerprint density at radius 1 is 1.11 bits per heavy atom. The molecule has 0 aliphatic carbocycles. The fraction of sp³-hybridized carbons (Fsp3) is 0.150. The van der Waals surface area contributed by atoms with Crippen molar-refractivity contribution in [2.75, 3.05) is 11.4 Å². The molecule has 1 N–H and O–H groups in total.